The first kappa shape index (κ1) is 14.0. The lowest BCUT2D eigenvalue weighted by Crippen LogP contribution is -2.36. The molecule has 0 saturated heterocycles. The van der Waals surface area contributed by atoms with Crippen LogP contribution in [0, 0.1) is 5.92 Å². The number of nitrogens with one attached hydrogen (secondary N) is 1. The van der Waals surface area contributed by atoms with Gasteiger partial charge in [0.25, 0.3) is 0 Å². The Hall–Kier alpha value is -0.420. The maximum atomic E-state index is 11.7. The third-order valence-electron chi connectivity index (χ3n) is 3.72. The summed E-state index contributed by atoms with van der Waals surface area (Å²) < 4.78 is 20.0. The summed E-state index contributed by atoms with van der Waals surface area (Å²) in [6.07, 6.45) is 6.91. The monoisotopic (exact) mass is 273 g/mol. The fourth-order valence-corrected chi connectivity index (χ4v) is 3.80. The summed E-state index contributed by atoms with van der Waals surface area (Å²) in [5, 5.41) is 0.405. The van der Waals surface area contributed by atoms with Crippen LogP contribution < -0.4 is 4.72 Å². The molecule has 0 amide bonds. The van der Waals surface area contributed by atoms with Crippen LogP contribution in [0.3, 0.4) is 0 Å². The highest BCUT2D eigenvalue weighted by molar-refractivity contribution is 7.84. The van der Waals surface area contributed by atoms with Gasteiger partial charge in [0.1, 0.15) is 0 Å². The summed E-state index contributed by atoms with van der Waals surface area (Å²) in [6, 6.07) is 0.380. The second-order valence-corrected chi connectivity index (χ2v) is 6.84. The first-order valence-electron chi connectivity index (χ1n) is 7.01. The number of rotatable bonds is 6. The van der Waals surface area contributed by atoms with E-state index < -0.39 is 11.0 Å². The van der Waals surface area contributed by atoms with E-state index in [4.69, 9.17) is 4.74 Å². The van der Waals surface area contributed by atoms with Crippen LogP contribution in [0.5, 0.6) is 0 Å². The summed E-state index contributed by atoms with van der Waals surface area (Å²) in [6.45, 7) is 2.31. The summed E-state index contributed by atoms with van der Waals surface area (Å²) in [5.74, 6) is 0.381. The number of hydrogen-bond donors (Lipinski definition) is 1. The number of hydrogen-bond acceptors (Lipinski definition) is 3. The van der Waals surface area contributed by atoms with Crippen LogP contribution in [-0.2, 0) is 20.5 Å². The zero-order chi connectivity index (χ0) is 13.0. The second kappa shape index (κ2) is 6.66. The van der Waals surface area contributed by atoms with E-state index in [1.165, 1.54) is 0 Å². The van der Waals surface area contributed by atoms with Crippen molar-refractivity contribution >= 4 is 17.0 Å². The summed E-state index contributed by atoms with van der Waals surface area (Å²) >= 11 is 0. The van der Waals surface area contributed by atoms with Gasteiger partial charge in [0.2, 0.25) is 0 Å². The molecular weight excluding hydrogens is 250 g/mol. The Morgan fingerprint density at radius 3 is 2.44 bits per heavy atom. The first-order valence-corrected chi connectivity index (χ1v) is 8.22. The number of carbonyl (C=O) groups is 1. The molecule has 1 atom stereocenters. The highest BCUT2D eigenvalue weighted by Crippen LogP contribution is 2.29. The van der Waals surface area contributed by atoms with E-state index in [0.29, 0.717) is 30.2 Å². The van der Waals surface area contributed by atoms with Gasteiger partial charge < -0.3 is 4.74 Å². The lowest BCUT2D eigenvalue weighted by Gasteiger charge is -2.28. The van der Waals surface area contributed by atoms with E-state index >= 15 is 0 Å². The van der Waals surface area contributed by atoms with Gasteiger partial charge in [0.05, 0.1) is 17.6 Å². The van der Waals surface area contributed by atoms with E-state index in [9.17, 15) is 9.00 Å². The van der Waals surface area contributed by atoms with Crippen LogP contribution in [0.25, 0.3) is 0 Å². The van der Waals surface area contributed by atoms with E-state index in [1.54, 1.807) is 0 Å². The zero-order valence-corrected chi connectivity index (χ0v) is 11.8. The molecule has 0 aliphatic heterocycles. The molecule has 0 spiro atoms. The van der Waals surface area contributed by atoms with Crippen molar-refractivity contribution in [1.82, 2.24) is 4.72 Å². The summed E-state index contributed by atoms with van der Waals surface area (Å²) in [4.78, 5) is 11.4. The van der Waals surface area contributed by atoms with Gasteiger partial charge in [-0.15, -0.1) is 0 Å². The van der Waals surface area contributed by atoms with Crippen molar-refractivity contribution in [3.8, 4) is 0 Å². The molecule has 0 bridgehead atoms. The minimum absolute atomic E-state index is 0.0736. The largest absolute Gasteiger partial charge is 0.466 e. The molecule has 4 nitrogen and oxygen atoms in total. The van der Waals surface area contributed by atoms with Crippen LogP contribution in [0.4, 0.5) is 0 Å². The number of ether oxygens (including phenoxy) is 1. The van der Waals surface area contributed by atoms with Crippen LogP contribution in [0.15, 0.2) is 0 Å². The molecule has 2 aliphatic carbocycles. The number of carbonyl (C=O) groups excluding carboxylic acids is 1. The Labute approximate surface area is 111 Å². The predicted molar refractivity (Wildman–Crippen MR) is 71.3 cm³/mol. The summed E-state index contributed by atoms with van der Waals surface area (Å²) in [5.41, 5.74) is 0. The molecule has 0 aromatic rings. The van der Waals surface area contributed by atoms with Gasteiger partial charge in [0, 0.05) is 17.7 Å². The molecule has 0 aromatic heterocycles. The van der Waals surface area contributed by atoms with Gasteiger partial charge in [-0.3, -0.25) is 4.79 Å². The quantitative estimate of drug-likeness (QED) is 0.752. The minimum atomic E-state index is -0.825. The van der Waals surface area contributed by atoms with E-state index in [1.807, 2.05) is 6.92 Å². The van der Waals surface area contributed by atoms with Gasteiger partial charge >= 0.3 is 5.97 Å². The van der Waals surface area contributed by atoms with Crippen molar-refractivity contribution in [2.24, 2.45) is 5.92 Å². The molecule has 18 heavy (non-hydrogen) atoms. The fourth-order valence-electron chi connectivity index (χ4n) is 2.48. The molecule has 0 heterocycles. The van der Waals surface area contributed by atoms with Crippen molar-refractivity contribution in [2.45, 2.75) is 63.2 Å². The fraction of sp³-hybridized carbons (Fsp3) is 0.923. The molecule has 2 saturated carbocycles. The Kier molecular flexibility index (Phi) is 5.18. The lowest BCUT2D eigenvalue weighted by molar-refractivity contribution is -0.144. The predicted octanol–water partition coefficient (Wildman–Crippen LogP) is 1.91. The highest BCUT2D eigenvalue weighted by atomic mass is 32.2. The Balaban J connectivity index is 1.64. The van der Waals surface area contributed by atoms with Gasteiger partial charge in [-0.2, -0.15) is 0 Å². The number of esters is 1. The van der Waals surface area contributed by atoms with Gasteiger partial charge in [-0.05, 0) is 51.4 Å². The Morgan fingerprint density at radius 1 is 1.22 bits per heavy atom. The molecular formula is C13H23NO3S. The smallest absolute Gasteiger partial charge is 0.306 e. The SMILES string of the molecule is CCOC(=O)CC1CCC(NS(=O)C2CC2)CC1. The molecule has 1 unspecified atom stereocenters. The molecule has 5 heteroatoms. The highest BCUT2D eigenvalue weighted by Gasteiger charge is 2.31. The molecule has 2 aliphatic rings. The average molecular weight is 273 g/mol. The maximum absolute atomic E-state index is 11.7. The van der Waals surface area contributed by atoms with Crippen LogP contribution >= 0.6 is 0 Å². The third-order valence-corrected chi connectivity index (χ3v) is 5.36. The summed E-state index contributed by atoms with van der Waals surface area (Å²) in [7, 11) is -0.825. The Morgan fingerprint density at radius 2 is 1.89 bits per heavy atom. The topological polar surface area (TPSA) is 55.4 Å². The van der Waals surface area contributed by atoms with E-state index in [0.717, 1.165) is 38.5 Å². The van der Waals surface area contributed by atoms with E-state index in [2.05, 4.69) is 4.72 Å². The van der Waals surface area contributed by atoms with E-state index in [-0.39, 0.29) is 5.97 Å². The molecule has 1 N–H and O–H groups in total. The molecule has 2 rings (SSSR count). The lowest BCUT2D eigenvalue weighted by atomic mass is 9.84. The van der Waals surface area contributed by atoms with Gasteiger partial charge in [-0.25, -0.2) is 8.93 Å². The van der Waals surface area contributed by atoms with Crippen LogP contribution in [0.1, 0.15) is 51.9 Å². The maximum Gasteiger partial charge on any atom is 0.306 e. The van der Waals surface area contributed by atoms with Crippen LogP contribution in [-0.4, -0.2) is 28.1 Å². The first-order chi connectivity index (χ1) is 8.69. The molecule has 104 valence electrons. The second-order valence-electron chi connectivity index (χ2n) is 5.34. The zero-order valence-electron chi connectivity index (χ0n) is 11.0. The average Bonchev–Trinajstić information content (AvgIpc) is 3.16. The van der Waals surface area contributed by atoms with Gasteiger partial charge in [-0.1, -0.05) is 0 Å². The van der Waals surface area contributed by atoms with Crippen LogP contribution in [0.2, 0.25) is 0 Å². The van der Waals surface area contributed by atoms with Crippen molar-refractivity contribution in [3.63, 3.8) is 0 Å². The standard InChI is InChI=1S/C13H23NO3S/c1-2-17-13(15)9-10-3-5-11(6-4-10)14-18(16)12-7-8-12/h10-12,14H,2-9H2,1H3. The third kappa shape index (κ3) is 4.35. The Bertz CT molecular complexity index is 309. The minimum Gasteiger partial charge on any atom is -0.466 e. The van der Waals surface area contributed by atoms with Gasteiger partial charge in [0.15, 0.2) is 0 Å². The molecule has 0 radical (unpaired) electrons. The van der Waals surface area contributed by atoms with Crippen molar-refractivity contribution < 1.29 is 13.7 Å². The normalized spacial score (nSPS) is 29.8. The molecule has 0 aromatic carbocycles. The van der Waals surface area contributed by atoms with Crippen molar-refractivity contribution in [2.75, 3.05) is 6.61 Å². The van der Waals surface area contributed by atoms with Crippen molar-refractivity contribution in [3.05, 3.63) is 0 Å². The molecule has 2 fully saturated rings. The van der Waals surface area contributed by atoms with Crippen molar-refractivity contribution in [1.29, 1.82) is 0 Å².